The van der Waals surface area contributed by atoms with E-state index in [9.17, 15) is 4.79 Å². The molecule has 0 aliphatic rings. The van der Waals surface area contributed by atoms with Gasteiger partial charge in [-0.2, -0.15) is 0 Å². The minimum atomic E-state index is -1.88. The SMILES string of the molecule is O=C(N[C@H](NC(=S)Nc1cccc2ccccc12)C(Cl)(Cl)Cl)C(c1ccccc1)c1ccccc1. The van der Waals surface area contributed by atoms with Crippen LogP contribution in [0.5, 0.6) is 0 Å². The first-order valence-electron chi connectivity index (χ1n) is 10.8. The second-order valence-corrected chi connectivity index (χ2v) is 10.6. The number of fused-ring (bicyclic) bond motifs is 1. The smallest absolute Gasteiger partial charge is 0.233 e. The summed E-state index contributed by atoms with van der Waals surface area (Å²) in [6, 6.07) is 32.6. The van der Waals surface area contributed by atoms with E-state index >= 15 is 0 Å². The summed E-state index contributed by atoms with van der Waals surface area (Å²) >= 11 is 24.2. The van der Waals surface area contributed by atoms with E-state index in [1.165, 1.54) is 0 Å². The number of carbonyl (C=O) groups is 1. The van der Waals surface area contributed by atoms with Gasteiger partial charge in [0.15, 0.2) is 5.11 Å². The summed E-state index contributed by atoms with van der Waals surface area (Å²) < 4.78 is -1.88. The Bertz CT molecular complexity index is 1270. The molecule has 4 rings (SSSR count). The Morgan fingerprint density at radius 1 is 0.714 bits per heavy atom. The molecule has 4 nitrogen and oxygen atoms in total. The van der Waals surface area contributed by atoms with E-state index in [0.29, 0.717) is 0 Å². The minimum Gasteiger partial charge on any atom is -0.339 e. The van der Waals surface area contributed by atoms with Crippen LogP contribution in [0.4, 0.5) is 5.69 Å². The van der Waals surface area contributed by atoms with Gasteiger partial charge in [-0.15, -0.1) is 0 Å². The molecule has 0 saturated heterocycles. The van der Waals surface area contributed by atoms with Gasteiger partial charge in [0.05, 0.1) is 5.92 Å². The topological polar surface area (TPSA) is 53.2 Å². The molecule has 0 bridgehead atoms. The number of halogens is 3. The van der Waals surface area contributed by atoms with E-state index in [1.54, 1.807) is 0 Å². The molecule has 1 atom stereocenters. The van der Waals surface area contributed by atoms with Gasteiger partial charge < -0.3 is 16.0 Å². The predicted octanol–water partition coefficient (Wildman–Crippen LogP) is 6.77. The number of hydrogen-bond donors (Lipinski definition) is 3. The van der Waals surface area contributed by atoms with Gasteiger partial charge in [0.2, 0.25) is 9.70 Å². The molecule has 0 radical (unpaired) electrons. The largest absolute Gasteiger partial charge is 0.339 e. The van der Waals surface area contributed by atoms with E-state index in [-0.39, 0.29) is 11.0 Å². The normalized spacial score (nSPS) is 12.2. The lowest BCUT2D eigenvalue weighted by Gasteiger charge is -2.30. The maximum Gasteiger partial charge on any atom is 0.233 e. The number of hydrogen-bond acceptors (Lipinski definition) is 2. The van der Waals surface area contributed by atoms with Crippen molar-refractivity contribution >= 4 is 74.5 Å². The summed E-state index contributed by atoms with van der Waals surface area (Å²) in [4.78, 5) is 13.5. The average molecular weight is 543 g/mol. The Morgan fingerprint density at radius 2 is 1.26 bits per heavy atom. The lowest BCUT2D eigenvalue weighted by atomic mass is 9.90. The quantitative estimate of drug-likeness (QED) is 0.143. The third-order valence-corrected chi connectivity index (χ3v) is 6.33. The van der Waals surface area contributed by atoms with Gasteiger partial charge in [-0.05, 0) is 34.8 Å². The van der Waals surface area contributed by atoms with Gasteiger partial charge in [-0.25, -0.2) is 0 Å². The molecule has 0 saturated carbocycles. The summed E-state index contributed by atoms with van der Waals surface area (Å²) in [6.07, 6.45) is -1.09. The summed E-state index contributed by atoms with van der Waals surface area (Å²) in [5, 5.41) is 11.2. The van der Waals surface area contributed by atoms with E-state index in [0.717, 1.165) is 27.6 Å². The second-order valence-electron chi connectivity index (χ2n) is 7.86. The molecular formula is C27H22Cl3N3OS. The molecule has 0 heterocycles. The lowest BCUT2D eigenvalue weighted by Crippen LogP contribution is -2.57. The average Bonchev–Trinajstić information content (AvgIpc) is 2.85. The van der Waals surface area contributed by atoms with Crippen LogP contribution < -0.4 is 16.0 Å². The van der Waals surface area contributed by atoms with Crippen molar-refractivity contribution in [3.8, 4) is 0 Å². The van der Waals surface area contributed by atoms with Gasteiger partial charge in [0, 0.05) is 11.1 Å². The van der Waals surface area contributed by atoms with Crippen LogP contribution in [-0.2, 0) is 4.79 Å². The van der Waals surface area contributed by atoms with Gasteiger partial charge in [-0.1, -0.05) is 132 Å². The van der Waals surface area contributed by atoms with Crippen LogP contribution in [0, 0.1) is 0 Å². The first-order valence-corrected chi connectivity index (χ1v) is 12.4. The fourth-order valence-corrected chi connectivity index (χ4v) is 4.39. The molecule has 0 aliphatic heterocycles. The monoisotopic (exact) mass is 541 g/mol. The van der Waals surface area contributed by atoms with E-state index in [1.807, 2.05) is 103 Å². The number of anilines is 1. The van der Waals surface area contributed by atoms with Crippen LogP contribution in [0.25, 0.3) is 10.8 Å². The van der Waals surface area contributed by atoms with E-state index in [2.05, 4.69) is 16.0 Å². The number of benzene rings is 4. The predicted molar refractivity (Wildman–Crippen MR) is 150 cm³/mol. The zero-order chi connectivity index (χ0) is 24.8. The highest BCUT2D eigenvalue weighted by atomic mass is 35.6. The third-order valence-electron chi connectivity index (χ3n) is 5.46. The minimum absolute atomic E-state index is 0.203. The van der Waals surface area contributed by atoms with Gasteiger partial charge in [0.1, 0.15) is 6.17 Å². The van der Waals surface area contributed by atoms with Crippen molar-refractivity contribution in [3.63, 3.8) is 0 Å². The Kier molecular flexibility index (Phi) is 8.14. The summed E-state index contributed by atoms with van der Waals surface area (Å²) in [5.41, 5.74) is 2.42. The zero-order valence-electron chi connectivity index (χ0n) is 18.4. The molecule has 178 valence electrons. The molecule has 0 fully saturated rings. The molecule has 35 heavy (non-hydrogen) atoms. The first kappa shape index (κ1) is 25.3. The molecule has 0 unspecified atom stereocenters. The fourth-order valence-electron chi connectivity index (χ4n) is 3.84. The van der Waals surface area contributed by atoms with E-state index in [4.69, 9.17) is 47.0 Å². The number of nitrogens with one attached hydrogen (secondary N) is 3. The van der Waals surface area contributed by atoms with Crippen LogP contribution in [0.2, 0.25) is 0 Å². The van der Waals surface area contributed by atoms with Gasteiger partial charge >= 0.3 is 0 Å². The Morgan fingerprint density at radius 3 is 1.86 bits per heavy atom. The van der Waals surface area contributed by atoms with Crippen LogP contribution >= 0.6 is 47.0 Å². The highest BCUT2D eigenvalue weighted by molar-refractivity contribution is 7.80. The number of alkyl halides is 3. The van der Waals surface area contributed by atoms with Gasteiger partial charge in [-0.3, -0.25) is 4.79 Å². The lowest BCUT2D eigenvalue weighted by molar-refractivity contribution is -0.122. The van der Waals surface area contributed by atoms with Crippen molar-refractivity contribution < 1.29 is 4.79 Å². The Balaban J connectivity index is 1.55. The maximum absolute atomic E-state index is 13.5. The number of carbonyl (C=O) groups excluding carboxylic acids is 1. The molecule has 0 spiro atoms. The summed E-state index contributed by atoms with van der Waals surface area (Å²) in [5.74, 6) is -0.937. The van der Waals surface area contributed by atoms with Crippen LogP contribution in [0.1, 0.15) is 17.0 Å². The third kappa shape index (κ3) is 6.44. The molecule has 0 aromatic heterocycles. The molecule has 0 aliphatic carbocycles. The van der Waals surface area contributed by atoms with Crippen molar-refractivity contribution in [2.75, 3.05) is 5.32 Å². The van der Waals surface area contributed by atoms with Crippen LogP contribution in [0.15, 0.2) is 103 Å². The van der Waals surface area contributed by atoms with Gasteiger partial charge in [0.25, 0.3) is 0 Å². The molecular weight excluding hydrogens is 521 g/mol. The molecule has 8 heteroatoms. The summed E-state index contributed by atoms with van der Waals surface area (Å²) in [7, 11) is 0. The Labute approximate surface area is 224 Å². The van der Waals surface area contributed by atoms with E-state index < -0.39 is 15.9 Å². The summed E-state index contributed by atoms with van der Waals surface area (Å²) in [6.45, 7) is 0. The molecule has 4 aromatic rings. The highest BCUT2D eigenvalue weighted by Crippen LogP contribution is 2.31. The van der Waals surface area contributed by atoms with Crippen LogP contribution in [0.3, 0.4) is 0 Å². The number of rotatable bonds is 6. The van der Waals surface area contributed by atoms with Crippen LogP contribution in [-0.4, -0.2) is 21.0 Å². The van der Waals surface area contributed by atoms with Crippen molar-refractivity contribution in [3.05, 3.63) is 114 Å². The zero-order valence-corrected chi connectivity index (χ0v) is 21.5. The Hall–Kier alpha value is -2.83. The van der Waals surface area contributed by atoms with Crippen molar-refractivity contribution in [2.24, 2.45) is 0 Å². The van der Waals surface area contributed by atoms with Crippen molar-refractivity contribution in [2.45, 2.75) is 15.9 Å². The van der Waals surface area contributed by atoms with Crippen molar-refractivity contribution in [1.82, 2.24) is 10.6 Å². The fraction of sp³-hybridized carbons (Fsp3) is 0.111. The first-order chi connectivity index (χ1) is 16.8. The molecule has 4 aromatic carbocycles. The number of thiocarbonyl (C=S) groups is 1. The number of amides is 1. The maximum atomic E-state index is 13.5. The standard InChI is InChI=1S/C27H22Cl3N3OS/c28-27(29,30)25(33-26(35)31-22-17-9-15-18-10-7-8-16-21(18)22)32-24(34)23(19-11-3-1-4-12-19)20-13-5-2-6-14-20/h1-17,23,25H,(H,32,34)(H2,31,33,35)/t25-/m1/s1. The second kappa shape index (κ2) is 11.3. The highest BCUT2D eigenvalue weighted by Gasteiger charge is 2.36. The molecule has 1 amide bonds. The molecule has 3 N–H and O–H groups in total. The van der Waals surface area contributed by atoms with Crippen molar-refractivity contribution in [1.29, 1.82) is 0 Å².